The fourth-order valence-electron chi connectivity index (χ4n) is 1.29. The van der Waals surface area contributed by atoms with Crippen molar-refractivity contribution in [1.82, 2.24) is 0 Å². The third-order valence-electron chi connectivity index (χ3n) is 1.79. The van der Waals surface area contributed by atoms with E-state index in [1.54, 1.807) is 0 Å². The maximum absolute atomic E-state index is 9.85. The summed E-state index contributed by atoms with van der Waals surface area (Å²) in [5.41, 5.74) is 0. The maximum Gasteiger partial charge on any atom is 0.503 e. The Morgan fingerprint density at radius 1 is 1.29 bits per heavy atom. The molecule has 0 saturated heterocycles. The molecule has 2 N–H and O–H groups in total. The summed E-state index contributed by atoms with van der Waals surface area (Å²) in [6.45, 7) is 0. The summed E-state index contributed by atoms with van der Waals surface area (Å²) in [7, 11) is 0. The molecule has 0 radical (unpaired) electrons. The molecule has 0 bridgehead atoms. The van der Waals surface area contributed by atoms with E-state index in [0.717, 1.165) is 25.7 Å². The van der Waals surface area contributed by atoms with Gasteiger partial charge in [-0.25, -0.2) is 4.79 Å². The van der Waals surface area contributed by atoms with Crippen LogP contribution < -0.4 is 0 Å². The highest BCUT2D eigenvalue weighted by Crippen LogP contribution is 2.19. The van der Waals surface area contributed by atoms with E-state index in [-0.39, 0.29) is 6.10 Å². The highest BCUT2D eigenvalue weighted by Gasteiger charge is 2.16. The zero-order chi connectivity index (χ0) is 11.0. The van der Waals surface area contributed by atoms with Crippen molar-refractivity contribution in [3.63, 3.8) is 0 Å². The normalized spacial score (nSPS) is 16.3. The lowest BCUT2D eigenvalue weighted by atomic mass is 9.98. The fourth-order valence-corrected chi connectivity index (χ4v) is 1.29. The number of nitrogens with zero attached hydrogens (tertiary/aromatic N) is 1. The summed E-state index contributed by atoms with van der Waals surface area (Å²) in [5.74, 6) is 0. The van der Waals surface area contributed by atoms with E-state index in [1.807, 2.05) is 0 Å². The zero-order valence-electron chi connectivity index (χ0n) is 7.59. The lowest BCUT2D eigenvalue weighted by Gasteiger charge is -2.18. The monoisotopic (exact) mass is 207 g/mol. The minimum Gasteiger partial charge on any atom is -0.450 e. The van der Waals surface area contributed by atoms with Gasteiger partial charge in [-0.3, -0.25) is 0 Å². The van der Waals surface area contributed by atoms with Crippen LogP contribution in [0.5, 0.6) is 0 Å². The molecule has 0 atom stereocenters. The Bertz CT molecular complexity index is 185. The van der Waals surface area contributed by atoms with Gasteiger partial charge in [-0.15, -0.1) is 10.1 Å². The van der Waals surface area contributed by atoms with Crippen LogP contribution in [0.15, 0.2) is 0 Å². The van der Waals surface area contributed by atoms with E-state index in [0.29, 0.717) is 0 Å². The maximum atomic E-state index is 9.85. The van der Waals surface area contributed by atoms with Gasteiger partial charge in [-0.1, -0.05) is 19.3 Å². The second kappa shape index (κ2) is 6.93. The average molecular weight is 207 g/mol. The first-order valence-electron chi connectivity index (χ1n) is 4.25. The van der Waals surface area contributed by atoms with Gasteiger partial charge in [0.15, 0.2) is 0 Å². The molecule has 0 aromatic heterocycles. The van der Waals surface area contributed by atoms with Crippen molar-refractivity contribution in [2.24, 2.45) is 0 Å². The van der Waals surface area contributed by atoms with Crippen molar-refractivity contribution in [2.75, 3.05) is 0 Å². The van der Waals surface area contributed by atoms with Gasteiger partial charge >= 0.3 is 6.16 Å². The van der Waals surface area contributed by atoms with E-state index >= 15 is 0 Å². The molecule has 7 heteroatoms. The number of carboxylic acid groups (broad SMARTS) is 2. The standard InChI is InChI=1S/C6H11NO3.CH2O3/c8-7(9)10-6-4-2-1-3-5-6;2-1(3)4/h6H,1-5H2;(H2,2,3,4). The van der Waals surface area contributed by atoms with Crippen molar-refractivity contribution in [2.45, 2.75) is 38.2 Å². The molecule has 14 heavy (non-hydrogen) atoms. The number of hydrogen-bond donors (Lipinski definition) is 2. The SMILES string of the molecule is O=C(O)O.O=[N+]([O-])OC1CCCCC1. The van der Waals surface area contributed by atoms with Gasteiger partial charge < -0.3 is 15.1 Å². The smallest absolute Gasteiger partial charge is 0.450 e. The summed E-state index contributed by atoms with van der Waals surface area (Å²) in [4.78, 5) is 22.8. The summed E-state index contributed by atoms with van der Waals surface area (Å²) in [5, 5.41) is 23.1. The lowest BCUT2D eigenvalue weighted by Crippen LogP contribution is -2.19. The molecule has 1 saturated carbocycles. The zero-order valence-corrected chi connectivity index (χ0v) is 7.59. The Morgan fingerprint density at radius 2 is 1.71 bits per heavy atom. The molecule has 7 nitrogen and oxygen atoms in total. The quantitative estimate of drug-likeness (QED) is 0.527. The molecular formula is C7H13NO6. The molecule has 0 amide bonds. The van der Waals surface area contributed by atoms with Crippen molar-refractivity contribution >= 4 is 6.16 Å². The highest BCUT2D eigenvalue weighted by molar-refractivity contribution is 5.53. The van der Waals surface area contributed by atoms with Crippen LogP contribution in [0.25, 0.3) is 0 Å². The van der Waals surface area contributed by atoms with E-state index in [9.17, 15) is 10.1 Å². The molecule has 0 heterocycles. The Hall–Kier alpha value is -1.53. The van der Waals surface area contributed by atoms with Crippen LogP contribution in [0.3, 0.4) is 0 Å². The first-order chi connectivity index (χ1) is 6.52. The molecule has 0 spiro atoms. The van der Waals surface area contributed by atoms with E-state index in [4.69, 9.17) is 15.0 Å². The number of rotatable bonds is 2. The minimum absolute atomic E-state index is 0.122. The molecule has 0 aliphatic heterocycles. The van der Waals surface area contributed by atoms with Crippen molar-refractivity contribution < 1.29 is 24.9 Å². The first kappa shape index (κ1) is 12.5. The van der Waals surface area contributed by atoms with Crippen molar-refractivity contribution in [1.29, 1.82) is 0 Å². The van der Waals surface area contributed by atoms with Gasteiger partial charge in [0.1, 0.15) is 6.10 Å². The summed E-state index contributed by atoms with van der Waals surface area (Å²) in [6, 6.07) is 0. The van der Waals surface area contributed by atoms with Gasteiger partial charge in [-0.05, 0) is 12.8 Å². The van der Waals surface area contributed by atoms with Crippen molar-refractivity contribution in [3.05, 3.63) is 10.1 Å². The van der Waals surface area contributed by atoms with Crippen LogP contribution in [0.4, 0.5) is 4.79 Å². The highest BCUT2D eigenvalue weighted by atomic mass is 17.0. The second-order valence-electron chi connectivity index (χ2n) is 2.87. The van der Waals surface area contributed by atoms with Crippen molar-refractivity contribution in [3.8, 4) is 0 Å². The van der Waals surface area contributed by atoms with Crippen LogP contribution >= 0.6 is 0 Å². The Labute approximate surface area is 80.4 Å². The second-order valence-corrected chi connectivity index (χ2v) is 2.87. The molecule has 1 rings (SSSR count). The third-order valence-corrected chi connectivity index (χ3v) is 1.79. The molecule has 82 valence electrons. The van der Waals surface area contributed by atoms with Crippen LogP contribution in [-0.2, 0) is 4.84 Å². The number of carbonyl (C=O) groups is 1. The first-order valence-corrected chi connectivity index (χ1v) is 4.25. The topological polar surface area (TPSA) is 110 Å². The van der Waals surface area contributed by atoms with Gasteiger partial charge in [0, 0.05) is 0 Å². The molecule has 1 fully saturated rings. The van der Waals surface area contributed by atoms with Crippen LogP contribution in [0, 0.1) is 10.1 Å². The van der Waals surface area contributed by atoms with Crippen LogP contribution in [0.2, 0.25) is 0 Å². The Balaban J connectivity index is 0.000000364. The predicted molar refractivity (Wildman–Crippen MR) is 45.6 cm³/mol. The molecule has 0 unspecified atom stereocenters. The van der Waals surface area contributed by atoms with Gasteiger partial charge in [0.05, 0.1) is 0 Å². The van der Waals surface area contributed by atoms with Gasteiger partial charge in [-0.2, -0.15) is 0 Å². The van der Waals surface area contributed by atoms with Gasteiger partial charge in [0.25, 0.3) is 5.09 Å². The van der Waals surface area contributed by atoms with Crippen LogP contribution in [0.1, 0.15) is 32.1 Å². The largest absolute Gasteiger partial charge is 0.503 e. The van der Waals surface area contributed by atoms with Gasteiger partial charge in [0.2, 0.25) is 0 Å². The summed E-state index contributed by atoms with van der Waals surface area (Å²) < 4.78 is 0. The fraction of sp³-hybridized carbons (Fsp3) is 0.857. The Kier molecular flexibility index (Phi) is 6.17. The van der Waals surface area contributed by atoms with E-state index in [2.05, 4.69) is 4.84 Å². The lowest BCUT2D eigenvalue weighted by molar-refractivity contribution is -0.769. The summed E-state index contributed by atoms with van der Waals surface area (Å²) in [6.07, 6.45) is 3.07. The third kappa shape index (κ3) is 8.57. The average Bonchev–Trinajstić information content (AvgIpc) is 2.03. The summed E-state index contributed by atoms with van der Waals surface area (Å²) >= 11 is 0. The predicted octanol–water partition coefficient (Wildman–Crippen LogP) is 1.75. The minimum atomic E-state index is -1.83. The molecule has 0 aromatic rings. The van der Waals surface area contributed by atoms with E-state index < -0.39 is 11.2 Å². The van der Waals surface area contributed by atoms with E-state index in [1.165, 1.54) is 6.42 Å². The van der Waals surface area contributed by atoms with Crippen LogP contribution in [-0.4, -0.2) is 27.6 Å². The molecular weight excluding hydrogens is 194 g/mol. The molecule has 0 aromatic carbocycles. The Morgan fingerprint density at radius 3 is 2.07 bits per heavy atom. The molecule has 1 aliphatic carbocycles. The molecule has 1 aliphatic rings. The number of hydrogen-bond acceptors (Lipinski definition) is 4.